The van der Waals surface area contributed by atoms with E-state index >= 15 is 0 Å². The fraction of sp³-hybridized carbons (Fsp3) is 0.304. The number of hydrogen-bond acceptors (Lipinski definition) is 6. The van der Waals surface area contributed by atoms with E-state index in [0.717, 1.165) is 35.5 Å². The van der Waals surface area contributed by atoms with Crippen LogP contribution in [0.1, 0.15) is 29.8 Å². The molecule has 1 aromatic carbocycles. The van der Waals surface area contributed by atoms with Gasteiger partial charge in [0.1, 0.15) is 5.75 Å². The maximum atomic E-state index is 12.0. The number of anilines is 2. The molecule has 0 radical (unpaired) electrons. The monoisotopic (exact) mass is 431 g/mol. The topological polar surface area (TPSA) is 98.4 Å². The molecule has 1 aliphatic rings. The highest BCUT2D eigenvalue weighted by Crippen LogP contribution is 2.30. The summed E-state index contributed by atoms with van der Waals surface area (Å²) in [5.74, 6) is 1.75. The third kappa shape index (κ3) is 4.27. The standard InChI is InChI=1S/C23H25N7O2/c1-14-4-7-18(11-19(14)24-12-17-10-15(2)27-29(17)3)32-22-9-8-21-25-20(13-30(21)28-22)26-23(31)16-5-6-16/h4,7-11,13,16,24H,5-6,12H2,1-3H3,(H,26,31). The number of nitrogens with zero attached hydrogens (tertiary/aromatic N) is 5. The highest BCUT2D eigenvalue weighted by molar-refractivity contribution is 5.93. The van der Waals surface area contributed by atoms with Gasteiger partial charge < -0.3 is 15.4 Å². The lowest BCUT2D eigenvalue weighted by Gasteiger charge is -2.12. The van der Waals surface area contributed by atoms with E-state index in [2.05, 4.69) is 31.9 Å². The first-order valence-electron chi connectivity index (χ1n) is 10.6. The molecule has 4 aromatic rings. The molecule has 32 heavy (non-hydrogen) atoms. The van der Waals surface area contributed by atoms with Crippen molar-refractivity contribution in [3.05, 3.63) is 59.5 Å². The van der Waals surface area contributed by atoms with Crippen molar-refractivity contribution >= 4 is 23.1 Å². The van der Waals surface area contributed by atoms with E-state index in [4.69, 9.17) is 4.74 Å². The van der Waals surface area contributed by atoms with Gasteiger partial charge in [-0.3, -0.25) is 9.48 Å². The Labute approximate surface area is 185 Å². The van der Waals surface area contributed by atoms with Crippen LogP contribution >= 0.6 is 0 Å². The van der Waals surface area contributed by atoms with Gasteiger partial charge in [0.15, 0.2) is 11.5 Å². The van der Waals surface area contributed by atoms with Crippen molar-refractivity contribution in [3.63, 3.8) is 0 Å². The largest absolute Gasteiger partial charge is 0.438 e. The summed E-state index contributed by atoms with van der Waals surface area (Å²) in [6.07, 6.45) is 3.59. The molecule has 5 rings (SSSR count). The van der Waals surface area contributed by atoms with E-state index in [-0.39, 0.29) is 11.8 Å². The Bertz CT molecular complexity index is 1300. The highest BCUT2D eigenvalue weighted by atomic mass is 16.5. The average molecular weight is 432 g/mol. The summed E-state index contributed by atoms with van der Waals surface area (Å²) in [5.41, 5.74) is 4.83. The zero-order valence-electron chi connectivity index (χ0n) is 18.3. The first kappa shape index (κ1) is 20.0. The Morgan fingerprint density at radius 1 is 1.16 bits per heavy atom. The van der Waals surface area contributed by atoms with Crippen molar-refractivity contribution in [3.8, 4) is 11.6 Å². The van der Waals surface area contributed by atoms with Crippen molar-refractivity contribution in [2.24, 2.45) is 13.0 Å². The Morgan fingerprint density at radius 3 is 2.75 bits per heavy atom. The van der Waals surface area contributed by atoms with Crippen LogP contribution in [0.3, 0.4) is 0 Å². The van der Waals surface area contributed by atoms with Crippen LogP contribution in [0.25, 0.3) is 5.65 Å². The van der Waals surface area contributed by atoms with Gasteiger partial charge in [-0.1, -0.05) is 6.07 Å². The van der Waals surface area contributed by atoms with Crippen LogP contribution < -0.4 is 15.4 Å². The summed E-state index contributed by atoms with van der Waals surface area (Å²) in [5, 5.41) is 15.2. The number of rotatable bonds is 7. The van der Waals surface area contributed by atoms with Gasteiger partial charge in [-0.2, -0.15) is 5.10 Å². The maximum absolute atomic E-state index is 12.0. The van der Waals surface area contributed by atoms with E-state index in [1.165, 1.54) is 0 Å². The Hall–Kier alpha value is -3.88. The number of carbonyl (C=O) groups excluding carboxylic acids is 1. The molecule has 2 N–H and O–H groups in total. The average Bonchev–Trinajstić information content (AvgIpc) is 3.46. The number of imidazole rings is 1. The van der Waals surface area contributed by atoms with Crippen LogP contribution in [0.15, 0.2) is 42.6 Å². The fourth-order valence-electron chi connectivity index (χ4n) is 3.54. The second-order valence-corrected chi connectivity index (χ2v) is 8.20. The summed E-state index contributed by atoms with van der Waals surface area (Å²) < 4.78 is 9.48. The molecule has 0 bridgehead atoms. The van der Waals surface area contributed by atoms with Crippen LogP contribution in [0.2, 0.25) is 0 Å². The van der Waals surface area contributed by atoms with Crippen LogP contribution in [0, 0.1) is 19.8 Å². The first-order valence-corrected chi connectivity index (χ1v) is 10.6. The summed E-state index contributed by atoms with van der Waals surface area (Å²) in [6, 6.07) is 11.5. The lowest BCUT2D eigenvalue weighted by atomic mass is 10.2. The van der Waals surface area contributed by atoms with Crippen LogP contribution in [-0.4, -0.2) is 30.3 Å². The van der Waals surface area contributed by atoms with Crippen molar-refractivity contribution < 1.29 is 9.53 Å². The number of benzene rings is 1. The first-order chi connectivity index (χ1) is 15.4. The minimum Gasteiger partial charge on any atom is -0.438 e. The molecular formula is C23H25N7O2. The molecule has 0 aliphatic heterocycles. The number of aromatic nitrogens is 5. The Kier molecular flexibility index (Phi) is 5.01. The van der Waals surface area contributed by atoms with Gasteiger partial charge in [-0.05, 0) is 50.5 Å². The fourth-order valence-corrected chi connectivity index (χ4v) is 3.54. The number of aryl methyl sites for hydroxylation is 3. The molecule has 164 valence electrons. The van der Waals surface area contributed by atoms with Crippen molar-refractivity contribution in [1.82, 2.24) is 24.4 Å². The van der Waals surface area contributed by atoms with Gasteiger partial charge in [0, 0.05) is 30.8 Å². The van der Waals surface area contributed by atoms with Crippen LogP contribution in [0.5, 0.6) is 11.6 Å². The molecule has 9 nitrogen and oxygen atoms in total. The minimum atomic E-state index is 0.0193. The predicted octanol–water partition coefficient (Wildman–Crippen LogP) is 3.83. The molecule has 3 heterocycles. The second-order valence-electron chi connectivity index (χ2n) is 8.20. The Balaban J connectivity index is 1.30. The second kappa shape index (κ2) is 7.99. The van der Waals surface area contributed by atoms with Crippen molar-refractivity contribution in [2.45, 2.75) is 33.2 Å². The number of nitrogens with one attached hydrogen (secondary N) is 2. The SMILES string of the molecule is Cc1cc(CNc2cc(Oc3ccc4nc(NC(=O)C5CC5)cn4n3)ccc2C)n(C)n1. The quantitative estimate of drug-likeness (QED) is 0.461. The number of amides is 1. The Morgan fingerprint density at radius 2 is 2.00 bits per heavy atom. The molecule has 0 atom stereocenters. The molecule has 1 saturated carbocycles. The third-order valence-corrected chi connectivity index (χ3v) is 5.49. The van der Waals surface area contributed by atoms with Gasteiger partial charge in [-0.15, -0.1) is 5.10 Å². The third-order valence-electron chi connectivity index (χ3n) is 5.49. The lowest BCUT2D eigenvalue weighted by Crippen LogP contribution is -2.13. The maximum Gasteiger partial charge on any atom is 0.237 e. The number of carbonyl (C=O) groups is 1. The highest BCUT2D eigenvalue weighted by Gasteiger charge is 2.30. The normalized spacial score (nSPS) is 13.3. The smallest absolute Gasteiger partial charge is 0.237 e. The molecule has 0 saturated heterocycles. The van der Waals surface area contributed by atoms with Gasteiger partial charge >= 0.3 is 0 Å². The summed E-state index contributed by atoms with van der Waals surface area (Å²) in [6.45, 7) is 4.70. The van der Waals surface area contributed by atoms with Crippen LogP contribution in [-0.2, 0) is 18.4 Å². The molecule has 0 spiro atoms. The van der Waals surface area contributed by atoms with E-state index in [9.17, 15) is 4.79 Å². The summed E-state index contributed by atoms with van der Waals surface area (Å²) in [7, 11) is 1.94. The van der Waals surface area contributed by atoms with Gasteiger partial charge in [0.2, 0.25) is 11.8 Å². The summed E-state index contributed by atoms with van der Waals surface area (Å²) in [4.78, 5) is 16.4. The predicted molar refractivity (Wildman–Crippen MR) is 121 cm³/mol. The molecule has 9 heteroatoms. The van der Waals surface area contributed by atoms with Crippen molar-refractivity contribution in [2.75, 3.05) is 10.6 Å². The van der Waals surface area contributed by atoms with Gasteiger partial charge in [0.05, 0.1) is 24.1 Å². The van der Waals surface area contributed by atoms with Crippen LogP contribution in [0.4, 0.5) is 11.5 Å². The number of hydrogen-bond donors (Lipinski definition) is 2. The molecule has 1 aliphatic carbocycles. The number of fused-ring (bicyclic) bond motifs is 1. The number of ether oxygens (including phenoxy) is 1. The van der Waals surface area contributed by atoms with Gasteiger partial charge in [0.25, 0.3) is 0 Å². The van der Waals surface area contributed by atoms with E-state index in [0.29, 0.717) is 29.6 Å². The zero-order chi connectivity index (χ0) is 22.2. The summed E-state index contributed by atoms with van der Waals surface area (Å²) >= 11 is 0. The van der Waals surface area contributed by atoms with Gasteiger partial charge in [-0.25, -0.2) is 9.50 Å². The molecule has 1 amide bonds. The molecule has 1 fully saturated rings. The molecular weight excluding hydrogens is 406 g/mol. The van der Waals surface area contributed by atoms with E-state index < -0.39 is 0 Å². The minimum absolute atomic E-state index is 0.0193. The lowest BCUT2D eigenvalue weighted by molar-refractivity contribution is -0.117. The van der Waals surface area contributed by atoms with E-state index in [1.54, 1.807) is 16.8 Å². The molecule has 0 unspecified atom stereocenters. The molecule has 3 aromatic heterocycles. The van der Waals surface area contributed by atoms with Crippen molar-refractivity contribution in [1.29, 1.82) is 0 Å². The zero-order valence-corrected chi connectivity index (χ0v) is 18.3. The van der Waals surface area contributed by atoms with E-state index in [1.807, 2.05) is 49.8 Å².